The minimum absolute atomic E-state index is 0.0276. The van der Waals surface area contributed by atoms with Gasteiger partial charge in [-0.1, -0.05) is 23.7 Å². The lowest BCUT2D eigenvalue weighted by molar-refractivity contribution is -0.116. The van der Waals surface area contributed by atoms with Crippen molar-refractivity contribution in [2.75, 3.05) is 5.32 Å². The first-order valence-corrected chi connectivity index (χ1v) is 10.1. The number of pyridine rings is 1. The number of anilines is 1. The minimum atomic E-state index is -0.359. The van der Waals surface area contributed by atoms with Crippen LogP contribution in [0.5, 0.6) is 0 Å². The van der Waals surface area contributed by atoms with Gasteiger partial charge < -0.3 is 10.6 Å². The van der Waals surface area contributed by atoms with Crippen LogP contribution in [0.2, 0.25) is 5.02 Å². The fourth-order valence-electron chi connectivity index (χ4n) is 3.59. The van der Waals surface area contributed by atoms with Gasteiger partial charge in [0.25, 0.3) is 5.91 Å². The van der Waals surface area contributed by atoms with E-state index in [4.69, 9.17) is 11.6 Å². The fraction of sp³-hybridized carbons (Fsp3) is 0.273. The van der Waals surface area contributed by atoms with Crippen molar-refractivity contribution < 1.29 is 9.59 Å². The summed E-state index contributed by atoms with van der Waals surface area (Å²) < 4.78 is 1.68. The molecular formula is C22H22ClN5O2. The standard InChI is InChI=1S/C22H22ClN5O2/c1-12-10-13(2)28(27-12)19-8-6-17(23)21(26-19)22(30)24-14(3)15-4-7-18-16(11-15)5-9-20(29)25-18/h4,6-8,10-11,14H,5,9H2,1-3H3,(H,24,30)(H,25,29). The lowest BCUT2D eigenvalue weighted by Gasteiger charge is -2.20. The van der Waals surface area contributed by atoms with Gasteiger partial charge in [0, 0.05) is 17.8 Å². The smallest absolute Gasteiger partial charge is 0.271 e. The zero-order valence-corrected chi connectivity index (χ0v) is 17.7. The van der Waals surface area contributed by atoms with Crippen molar-refractivity contribution in [3.63, 3.8) is 0 Å². The predicted molar refractivity (Wildman–Crippen MR) is 115 cm³/mol. The summed E-state index contributed by atoms with van der Waals surface area (Å²) in [6, 6.07) is 10.9. The van der Waals surface area contributed by atoms with Crippen molar-refractivity contribution in [3.8, 4) is 5.82 Å². The quantitative estimate of drug-likeness (QED) is 0.665. The van der Waals surface area contributed by atoms with Crippen LogP contribution in [0.15, 0.2) is 36.4 Å². The first-order chi connectivity index (χ1) is 14.3. The van der Waals surface area contributed by atoms with Crippen molar-refractivity contribution in [1.82, 2.24) is 20.1 Å². The van der Waals surface area contributed by atoms with Crippen LogP contribution < -0.4 is 10.6 Å². The Labute approximate surface area is 179 Å². The number of carbonyl (C=O) groups excluding carboxylic acids is 2. The zero-order valence-electron chi connectivity index (χ0n) is 17.0. The summed E-state index contributed by atoms with van der Waals surface area (Å²) in [5, 5.41) is 10.5. The average Bonchev–Trinajstić information content (AvgIpc) is 3.05. The summed E-state index contributed by atoms with van der Waals surface area (Å²) in [7, 11) is 0. The number of fused-ring (bicyclic) bond motifs is 1. The molecule has 1 aromatic carbocycles. The zero-order chi connectivity index (χ0) is 21.4. The Morgan fingerprint density at radius 1 is 1.20 bits per heavy atom. The van der Waals surface area contributed by atoms with Crippen LogP contribution in [0, 0.1) is 13.8 Å². The van der Waals surface area contributed by atoms with Crippen LogP contribution in [-0.4, -0.2) is 26.6 Å². The molecule has 0 saturated heterocycles. The van der Waals surface area contributed by atoms with Gasteiger partial charge in [0.05, 0.1) is 16.8 Å². The number of aromatic nitrogens is 3. The third-order valence-corrected chi connectivity index (χ3v) is 5.45. The van der Waals surface area contributed by atoms with Gasteiger partial charge >= 0.3 is 0 Å². The number of rotatable bonds is 4. The van der Waals surface area contributed by atoms with Crippen molar-refractivity contribution in [2.24, 2.45) is 0 Å². The molecule has 1 aliphatic heterocycles. The molecule has 0 radical (unpaired) electrons. The minimum Gasteiger partial charge on any atom is -0.344 e. The Balaban J connectivity index is 1.56. The predicted octanol–water partition coefficient (Wildman–Crippen LogP) is 3.91. The van der Waals surface area contributed by atoms with E-state index in [1.54, 1.807) is 16.8 Å². The second-order valence-corrected chi connectivity index (χ2v) is 7.91. The molecule has 2 amide bonds. The molecule has 0 spiro atoms. The van der Waals surface area contributed by atoms with Crippen molar-refractivity contribution in [3.05, 3.63) is 69.6 Å². The Hall–Kier alpha value is -3.19. The molecule has 3 heterocycles. The molecular weight excluding hydrogens is 402 g/mol. The molecule has 0 bridgehead atoms. The van der Waals surface area contributed by atoms with Gasteiger partial charge in [0.2, 0.25) is 5.91 Å². The van der Waals surface area contributed by atoms with Crippen LogP contribution in [-0.2, 0) is 11.2 Å². The largest absolute Gasteiger partial charge is 0.344 e. The second-order valence-electron chi connectivity index (χ2n) is 7.50. The number of carbonyl (C=O) groups is 2. The number of benzene rings is 1. The van der Waals surface area contributed by atoms with Crippen LogP contribution in [0.3, 0.4) is 0 Å². The number of aryl methyl sites for hydroxylation is 3. The van der Waals surface area contributed by atoms with Crippen molar-refractivity contribution >= 4 is 29.1 Å². The Bertz CT molecular complexity index is 1150. The Kier molecular flexibility index (Phi) is 5.30. The molecule has 4 rings (SSSR count). The third kappa shape index (κ3) is 3.93. The lowest BCUT2D eigenvalue weighted by atomic mass is 9.98. The monoisotopic (exact) mass is 423 g/mol. The van der Waals surface area contributed by atoms with E-state index in [1.807, 2.05) is 45.0 Å². The molecule has 8 heteroatoms. The summed E-state index contributed by atoms with van der Waals surface area (Å²) in [5.41, 5.74) is 4.78. The van der Waals surface area contributed by atoms with Crippen molar-refractivity contribution in [2.45, 2.75) is 39.7 Å². The maximum atomic E-state index is 12.9. The van der Waals surface area contributed by atoms with E-state index in [0.29, 0.717) is 18.7 Å². The molecule has 1 aliphatic rings. The van der Waals surface area contributed by atoms with E-state index in [-0.39, 0.29) is 28.6 Å². The number of hydrogen-bond acceptors (Lipinski definition) is 4. The van der Waals surface area contributed by atoms with E-state index in [9.17, 15) is 9.59 Å². The van der Waals surface area contributed by atoms with Gasteiger partial charge in [-0.3, -0.25) is 9.59 Å². The molecule has 7 nitrogen and oxygen atoms in total. The molecule has 1 unspecified atom stereocenters. The van der Waals surface area contributed by atoms with Crippen LogP contribution in [0.25, 0.3) is 5.82 Å². The molecule has 154 valence electrons. The molecule has 2 N–H and O–H groups in total. The van der Waals surface area contributed by atoms with E-state index in [2.05, 4.69) is 20.7 Å². The Morgan fingerprint density at radius 3 is 2.73 bits per heavy atom. The number of nitrogens with zero attached hydrogens (tertiary/aromatic N) is 3. The highest BCUT2D eigenvalue weighted by Gasteiger charge is 2.20. The third-order valence-electron chi connectivity index (χ3n) is 5.15. The maximum absolute atomic E-state index is 12.9. The number of amides is 2. The van der Waals surface area contributed by atoms with E-state index < -0.39 is 0 Å². The summed E-state index contributed by atoms with van der Waals surface area (Å²) in [5.74, 6) is 0.203. The summed E-state index contributed by atoms with van der Waals surface area (Å²) in [4.78, 5) is 28.9. The molecule has 30 heavy (non-hydrogen) atoms. The van der Waals surface area contributed by atoms with Gasteiger partial charge in [-0.25, -0.2) is 9.67 Å². The highest BCUT2D eigenvalue weighted by molar-refractivity contribution is 6.33. The normalized spacial score (nSPS) is 14.1. The highest BCUT2D eigenvalue weighted by Crippen LogP contribution is 2.26. The van der Waals surface area contributed by atoms with Gasteiger partial charge in [0.1, 0.15) is 5.69 Å². The molecule has 2 aromatic heterocycles. The first-order valence-electron chi connectivity index (χ1n) is 9.75. The van der Waals surface area contributed by atoms with Gasteiger partial charge in [0.15, 0.2) is 5.82 Å². The Morgan fingerprint density at radius 2 is 2.00 bits per heavy atom. The first kappa shape index (κ1) is 20.1. The van der Waals surface area contributed by atoms with E-state index >= 15 is 0 Å². The summed E-state index contributed by atoms with van der Waals surface area (Å²) in [6.07, 6.45) is 1.16. The number of halogens is 1. The van der Waals surface area contributed by atoms with E-state index in [1.165, 1.54) is 0 Å². The number of hydrogen-bond donors (Lipinski definition) is 2. The van der Waals surface area contributed by atoms with Gasteiger partial charge in [-0.15, -0.1) is 0 Å². The summed E-state index contributed by atoms with van der Waals surface area (Å²) in [6.45, 7) is 5.73. The van der Waals surface area contributed by atoms with E-state index in [0.717, 1.165) is 28.2 Å². The molecule has 0 fully saturated rings. The SMILES string of the molecule is Cc1cc(C)n(-c2ccc(Cl)c(C(=O)NC(C)c3ccc4c(c3)CCC(=O)N4)n2)n1. The van der Waals surface area contributed by atoms with Crippen LogP contribution >= 0.6 is 11.6 Å². The van der Waals surface area contributed by atoms with Gasteiger partial charge in [-0.05, 0) is 62.6 Å². The van der Waals surface area contributed by atoms with Crippen LogP contribution in [0.4, 0.5) is 5.69 Å². The van der Waals surface area contributed by atoms with Gasteiger partial charge in [-0.2, -0.15) is 5.10 Å². The molecule has 3 aromatic rings. The lowest BCUT2D eigenvalue weighted by Crippen LogP contribution is -2.28. The molecule has 0 aliphatic carbocycles. The molecule has 1 atom stereocenters. The topological polar surface area (TPSA) is 88.9 Å². The second kappa shape index (κ2) is 7.91. The molecule has 0 saturated carbocycles. The maximum Gasteiger partial charge on any atom is 0.271 e. The number of nitrogens with one attached hydrogen (secondary N) is 2. The van der Waals surface area contributed by atoms with Crippen LogP contribution in [0.1, 0.15) is 52.4 Å². The van der Waals surface area contributed by atoms with Crippen molar-refractivity contribution in [1.29, 1.82) is 0 Å². The fourth-order valence-corrected chi connectivity index (χ4v) is 3.78. The highest BCUT2D eigenvalue weighted by atomic mass is 35.5. The average molecular weight is 424 g/mol. The summed E-state index contributed by atoms with van der Waals surface area (Å²) >= 11 is 6.27.